The summed E-state index contributed by atoms with van der Waals surface area (Å²) in [5, 5.41) is 4.45. The van der Waals surface area contributed by atoms with Crippen molar-refractivity contribution in [3.8, 4) is 0 Å². The molecule has 3 saturated carbocycles. The van der Waals surface area contributed by atoms with Gasteiger partial charge in [0.15, 0.2) is 0 Å². The van der Waals surface area contributed by atoms with E-state index in [9.17, 15) is 4.79 Å². The molecule has 0 spiro atoms. The third kappa shape index (κ3) is 2.50. The van der Waals surface area contributed by atoms with Gasteiger partial charge in [0.1, 0.15) is 5.65 Å². The fourth-order valence-corrected chi connectivity index (χ4v) is 4.78. The van der Waals surface area contributed by atoms with Gasteiger partial charge in [0, 0.05) is 29.7 Å². The van der Waals surface area contributed by atoms with Gasteiger partial charge in [-0.15, -0.1) is 0 Å². The Morgan fingerprint density at radius 1 is 1.04 bits per heavy atom. The smallest absolute Gasteiger partial charge is 0.252 e. The van der Waals surface area contributed by atoms with Crippen LogP contribution in [0.25, 0.3) is 11.0 Å². The number of nitrogens with one attached hydrogen (secondary N) is 1. The summed E-state index contributed by atoms with van der Waals surface area (Å²) in [6.07, 6.45) is 11.8. The molecule has 0 aliphatic heterocycles. The molecule has 0 saturated heterocycles. The Balaban J connectivity index is 1.51. The zero-order valence-corrected chi connectivity index (χ0v) is 13.9. The maximum atomic E-state index is 12.5. The Morgan fingerprint density at radius 2 is 1.83 bits per heavy atom. The fourth-order valence-electron chi connectivity index (χ4n) is 4.78. The number of anilines is 1. The van der Waals surface area contributed by atoms with E-state index in [1.54, 1.807) is 6.07 Å². The Labute approximate surface area is 141 Å². The number of nitrogens with zero attached hydrogens (tertiary/aromatic N) is 3. The molecule has 3 aliphatic carbocycles. The zero-order chi connectivity index (χ0) is 16.1. The number of hydrogen-bond acceptors (Lipinski definition) is 4. The maximum Gasteiger partial charge on any atom is 0.252 e. The Bertz CT molecular complexity index is 814. The molecular formula is C19H24N4O. The van der Waals surface area contributed by atoms with Crippen LogP contribution in [-0.2, 0) is 0 Å². The summed E-state index contributed by atoms with van der Waals surface area (Å²) in [4.78, 5) is 21.8. The van der Waals surface area contributed by atoms with Gasteiger partial charge in [-0.1, -0.05) is 19.3 Å². The normalized spacial score (nSPS) is 29.6. The second-order valence-corrected chi connectivity index (χ2v) is 7.87. The van der Waals surface area contributed by atoms with Gasteiger partial charge in [-0.2, -0.15) is 4.98 Å². The van der Waals surface area contributed by atoms with Gasteiger partial charge < -0.3 is 5.32 Å². The molecule has 5 rings (SSSR count). The van der Waals surface area contributed by atoms with E-state index in [2.05, 4.69) is 10.3 Å². The number of rotatable bonds is 3. The van der Waals surface area contributed by atoms with Gasteiger partial charge in [0.05, 0.1) is 0 Å². The van der Waals surface area contributed by atoms with Crippen LogP contribution in [-0.4, -0.2) is 20.6 Å². The van der Waals surface area contributed by atoms with E-state index in [1.807, 2.05) is 16.8 Å². The molecule has 2 heterocycles. The molecule has 0 amide bonds. The van der Waals surface area contributed by atoms with Crippen molar-refractivity contribution in [2.24, 2.45) is 11.8 Å². The summed E-state index contributed by atoms with van der Waals surface area (Å²) >= 11 is 0. The summed E-state index contributed by atoms with van der Waals surface area (Å²) in [6, 6.07) is 4.32. The highest BCUT2D eigenvalue weighted by Gasteiger charge is 2.46. The van der Waals surface area contributed by atoms with E-state index >= 15 is 0 Å². The Kier molecular flexibility index (Phi) is 3.35. The third-order valence-electron chi connectivity index (χ3n) is 6.19. The van der Waals surface area contributed by atoms with Crippen molar-refractivity contribution in [2.75, 3.05) is 5.32 Å². The quantitative estimate of drug-likeness (QED) is 0.938. The lowest BCUT2D eigenvalue weighted by Gasteiger charge is -2.23. The topological polar surface area (TPSA) is 59.8 Å². The zero-order valence-electron chi connectivity index (χ0n) is 13.9. The highest BCUT2D eigenvalue weighted by Crippen LogP contribution is 2.55. The van der Waals surface area contributed by atoms with Gasteiger partial charge >= 0.3 is 0 Å². The first-order valence-corrected chi connectivity index (χ1v) is 9.43. The summed E-state index contributed by atoms with van der Waals surface area (Å²) < 4.78 is 1.94. The molecule has 24 heavy (non-hydrogen) atoms. The minimum atomic E-state index is 0.0797. The Hall–Kier alpha value is -1.91. The van der Waals surface area contributed by atoms with Crippen LogP contribution in [0.5, 0.6) is 0 Å². The minimum absolute atomic E-state index is 0.0797. The lowest BCUT2D eigenvalue weighted by molar-refractivity contribution is 0.459. The van der Waals surface area contributed by atoms with Crippen molar-refractivity contribution in [1.29, 1.82) is 0 Å². The van der Waals surface area contributed by atoms with Gasteiger partial charge in [-0.05, 0) is 50.0 Å². The second kappa shape index (κ2) is 5.57. The first-order chi connectivity index (χ1) is 11.8. The number of hydrogen-bond donors (Lipinski definition) is 1. The molecule has 3 fully saturated rings. The van der Waals surface area contributed by atoms with Crippen LogP contribution in [0, 0.1) is 11.8 Å². The van der Waals surface area contributed by atoms with Crippen molar-refractivity contribution < 1.29 is 0 Å². The number of aromatic nitrogens is 3. The summed E-state index contributed by atoms with van der Waals surface area (Å²) in [5.74, 6) is 2.37. The number of fused-ring (bicyclic) bond motifs is 2. The lowest BCUT2D eigenvalue weighted by Crippen LogP contribution is -2.26. The Morgan fingerprint density at radius 3 is 2.62 bits per heavy atom. The molecule has 3 aliphatic rings. The molecule has 3 atom stereocenters. The third-order valence-corrected chi connectivity index (χ3v) is 6.19. The van der Waals surface area contributed by atoms with E-state index in [1.165, 1.54) is 38.5 Å². The predicted octanol–water partition coefficient (Wildman–Crippen LogP) is 3.51. The molecule has 5 heteroatoms. The van der Waals surface area contributed by atoms with Crippen LogP contribution in [0.3, 0.4) is 0 Å². The first-order valence-electron chi connectivity index (χ1n) is 9.43. The van der Waals surface area contributed by atoms with E-state index in [-0.39, 0.29) is 5.56 Å². The largest absolute Gasteiger partial charge is 0.351 e. The molecule has 126 valence electrons. The molecule has 0 radical (unpaired) electrons. The van der Waals surface area contributed by atoms with Gasteiger partial charge in [-0.3, -0.25) is 9.36 Å². The summed E-state index contributed by atoms with van der Waals surface area (Å²) in [7, 11) is 0. The minimum Gasteiger partial charge on any atom is -0.351 e. The van der Waals surface area contributed by atoms with Crippen LogP contribution >= 0.6 is 0 Å². The van der Waals surface area contributed by atoms with Crippen LogP contribution in [0.4, 0.5) is 5.95 Å². The van der Waals surface area contributed by atoms with Gasteiger partial charge in [-0.25, -0.2) is 4.98 Å². The van der Waals surface area contributed by atoms with Crippen LogP contribution in [0.15, 0.2) is 23.1 Å². The van der Waals surface area contributed by atoms with Gasteiger partial charge in [0.2, 0.25) is 5.95 Å². The average molecular weight is 324 g/mol. The summed E-state index contributed by atoms with van der Waals surface area (Å²) in [5.41, 5.74) is 0.887. The van der Waals surface area contributed by atoms with Crippen molar-refractivity contribution >= 4 is 17.0 Å². The van der Waals surface area contributed by atoms with Crippen LogP contribution in [0.2, 0.25) is 0 Å². The van der Waals surface area contributed by atoms with E-state index in [0.29, 0.717) is 18.0 Å². The van der Waals surface area contributed by atoms with Crippen molar-refractivity contribution in [3.63, 3.8) is 0 Å². The molecule has 0 bridgehead atoms. The second-order valence-electron chi connectivity index (χ2n) is 7.87. The fraction of sp³-hybridized carbons (Fsp3) is 0.632. The molecule has 0 aromatic carbocycles. The average Bonchev–Trinajstić information content (AvgIpc) is 3.21. The number of pyridine rings is 1. The lowest BCUT2D eigenvalue weighted by atomic mass is 9.96. The summed E-state index contributed by atoms with van der Waals surface area (Å²) in [6.45, 7) is 0. The van der Waals surface area contributed by atoms with E-state index in [0.717, 1.165) is 35.7 Å². The molecule has 1 N–H and O–H groups in total. The van der Waals surface area contributed by atoms with Gasteiger partial charge in [0.25, 0.3) is 5.56 Å². The molecule has 5 nitrogen and oxygen atoms in total. The SMILES string of the molecule is O=c1ccc2cnc(NC3CCCCC3)nc2n1C1C[C@@H]2C[C@@H]2C1. The standard InChI is InChI=1S/C19H24N4O/c24-17-7-6-12-11-20-19(21-15-4-2-1-3-5-15)22-18(12)23(17)16-9-13-8-14(13)10-16/h6-7,11,13-16H,1-5,8-10H2,(H,20,21,22)/t13-,14+,16?. The maximum absolute atomic E-state index is 12.5. The van der Waals surface area contributed by atoms with Crippen LogP contribution < -0.4 is 10.9 Å². The monoisotopic (exact) mass is 324 g/mol. The van der Waals surface area contributed by atoms with Crippen LogP contribution in [0.1, 0.15) is 57.4 Å². The van der Waals surface area contributed by atoms with E-state index in [4.69, 9.17) is 4.98 Å². The highest BCUT2D eigenvalue weighted by molar-refractivity contribution is 5.75. The molecular weight excluding hydrogens is 300 g/mol. The first kappa shape index (κ1) is 14.4. The molecule has 2 aromatic rings. The van der Waals surface area contributed by atoms with Crippen molar-refractivity contribution in [1.82, 2.24) is 14.5 Å². The highest BCUT2D eigenvalue weighted by atomic mass is 16.1. The van der Waals surface area contributed by atoms with E-state index < -0.39 is 0 Å². The van der Waals surface area contributed by atoms with Crippen molar-refractivity contribution in [2.45, 2.75) is 63.5 Å². The van der Waals surface area contributed by atoms with Crippen molar-refractivity contribution in [3.05, 3.63) is 28.7 Å². The molecule has 1 unspecified atom stereocenters. The molecule has 2 aromatic heterocycles. The predicted molar refractivity (Wildman–Crippen MR) is 94.2 cm³/mol.